The maximum Gasteiger partial charge on any atom is 0.168 e. The largest absolute Gasteiger partial charge is 0.387 e. The van der Waals surface area contributed by atoms with Gasteiger partial charge >= 0.3 is 0 Å². The normalized spacial score (nSPS) is 17.4. The summed E-state index contributed by atoms with van der Waals surface area (Å²) in [7, 11) is 0. The van der Waals surface area contributed by atoms with Crippen molar-refractivity contribution in [3.05, 3.63) is 59.2 Å². The van der Waals surface area contributed by atoms with E-state index in [1.165, 1.54) is 0 Å². The molecular weight excluding hydrogens is 254 g/mol. The first-order chi connectivity index (χ1) is 9.76. The van der Waals surface area contributed by atoms with Gasteiger partial charge in [0.05, 0.1) is 5.69 Å². The molecule has 5 nitrogen and oxygen atoms in total. The number of benzene rings is 1. The second kappa shape index (κ2) is 5.21. The highest BCUT2D eigenvalue weighted by Gasteiger charge is 2.24. The van der Waals surface area contributed by atoms with E-state index in [0.29, 0.717) is 29.9 Å². The average molecular weight is 267 g/mol. The van der Waals surface area contributed by atoms with Gasteiger partial charge in [0, 0.05) is 6.42 Å². The third-order valence-corrected chi connectivity index (χ3v) is 3.11. The van der Waals surface area contributed by atoms with Gasteiger partial charge in [0.2, 0.25) is 0 Å². The molecule has 5 heteroatoms. The van der Waals surface area contributed by atoms with E-state index >= 15 is 0 Å². The highest BCUT2D eigenvalue weighted by Crippen LogP contribution is 2.28. The van der Waals surface area contributed by atoms with Gasteiger partial charge in [0.15, 0.2) is 12.4 Å². The zero-order valence-electron chi connectivity index (χ0n) is 11.0. The second-order valence-electron chi connectivity index (χ2n) is 4.59. The number of rotatable bonds is 3. The average Bonchev–Trinajstić information content (AvgIpc) is 2.97. The van der Waals surface area contributed by atoms with Crippen LogP contribution in [0.1, 0.15) is 40.1 Å². The van der Waals surface area contributed by atoms with Crippen molar-refractivity contribution in [3.63, 3.8) is 0 Å². The molecule has 1 atom stereocenters. The van der Waals surface area contributed by atoms with E-state index in [9.17, 15) is 4.79 Å². The molecule has 1 unspecified atom stereocenters. The Labute approximate surface area is 116 Å². The SMILES string of the molecule is Cc1nc(C=O)cc(C2=NOC(c3ccccc3)C2)n1. The fraction of sp³-hybridized carbons (Fsp3) is 0.200. The maximum absolute atomic E-state index is 10.9. The number of hydrogen-bond donors (Lipinski definition) is 0. The van der Waals surface area contributed by atoms with Crippen LogP contribution in [0.4, 0.5) is 0 Å². The van der Waals surface area contributed by atoms with Crippen LogP contribution in [0.25, 0.3) is 0 Å². The lowest BCUT2D eigenvalue weighted by atomic mass is 10.0. The van der Waals surface area contributed by atoms with Crippen molar-refractivity contribution in [1.29, 1.82) is 0 Å². The lowest BCUT2D eigenvalue weighted by Crippen LogP contribution is -2.07. The summed E-state index contributed by atoms with van der Waals surface area (Å²) in [5, 5.41) is 4.09. The van der Waals surface area contributed by atoms with Crippen molar-refractivity contribution >= 4 is 12.0 Å². The Morgan fingerprint density at radius 2 is 2.05 bits per heavy atom. The van der Waals surface area contributed by atoms with Crippen molar-refractivity contribution in [1.82, 2.24) is 9.97 Å². The zero-order valence-corrected chi connectivity index (χ0v) is 11.0. The van der Waals surface area contributed by atoms with Gasteiger partial charge in [-0.05, 0) is 18.6 Å². The predicted octanol–water partition coefficient (Wildman–Crippen LogP) is 2.46. The first kappa shape index (κ1) is 12.5. The third-order valence-electron chi connectivity index (χ3n) is 3.11. The molecule has 0 aliphatic carbocycles. The highest BCUT2D eigenvalue weighted by atomic mass is 16.6. The number of hydrogen-bond acceptors (Lipinski definition) is 5. The molecule has 2 aromatic rings. The monoisotopic (exact) mass is 267 g/mol. The number of aldehydes is 1. The van der Waals surface area contributed by atoms with Gasteiger partial charge in [-0.3, -0.25) is 4.79 Å². The molecule has 0 radical (unpaired) electrons. The summed E-state index contributed by atoms with van der Waals surface area (Å²) in [6, 6.07) is 11.5. The molecule has 0 saturated heterocycles. The van der Waals surface area contributed by atoms with Crippen molar-refractivity contribution in [2.45, 2.75) is 19.4 Å². The van der Waals surface area contributed by atoms with Crippen LogP contribution < -0.4 is 0 Å². The van der Waals surface area contributed by atoms with Crippen LogP contribution in [-0.2, 0) is 4.84 Å². The van der Waals surface area contributed by atoms with E-state index < -0.39 is 0 Å². The molecule has 2 heterocycles. The zero-order chi connectivity index (χ0) is 13.9. The quantitative estimate of drug-likeness (QED) is 0.801. The van der Waals surface area contributed by atoms with Crippen molar-refractivity contribution in [2.75, 3.05) is 0 Å². The van der Waals surface area contributed by atoms with Crippen LogP contribution in [0.5, 0.6) is 0 Å². The first-order valence-corrected chi connectivity index (χ1v) is 6.35. The lowest BCUT2D eigenvalue weighted by molar-refractivity contribution is 0.0857. The number of nitrogens with zero attached hydrogens (tertiary/aromatic N) is 3. The summed E-state index contributed by atoms with van der Waals surface area (Å²) in [6.07, 6.45) is 1.25. The molecule has 1 aliphatic heterocycles. The predicted molar refractivity (Wildman–Crippen MR) is 73.6 cm³/mol. The Kier molecular flexibility index (Phi) is 3.25. The molecule has 1 aromatic heterocycles. The molecule has 0 spiro atoms. The molecule has 0 N–H and O–H groups in total. The molecule has 0 fully saturated rings. The van der Waals surface area contributed by atoms with Gasteiger partial charge in [-0.2, -0.15) is 0 Å². The molecule has 0 amide bonds. The lowest BCUT2D eigenvalue weighted by Gasteiger charge is -2.07. The highest BCUT2D eigenvalue weighted by molar-refractivity contribution is 6.00. The fourth-order valence-electron chi connectivity index (χ4n) is 2.17. The van der Waals surface area contributed by atoms with Gasteiger partial charge in [0.1, 0.15) is 17.2 Å². The van der Waals surface area contributed by atoms with Gasteiger partial charge in [-0.25, -0.2) is 9.97 Å². The van der Waals surface area contributed by atoms with Crippen LogP contribution >= 0.6 is 0 Å². The number of oxime groups is 1. The van der Waals surface area contributed by atoms with E-state index in [0.717, 1.165) is 11.3 Å². The van der Waals surface area contributed by atoms with E-state index in [1.54, 1.807) is 13.0 Å². The molecule has 0 saturated carbocycles. The third kappa shape index (κ3) is 2.42. The van der Waals surface area contributed by atoms with E-state index in [-0.39, 0.29) is 6.10 Å². The molecular formula is C15H13N3O2. The van der Waals surface area contributed by atoms with Gasteiger partial charge < -0.3 is 4.84 Å². The standard InChI is InChI=1S/C15H13N3O2/c1-10-16-12(9-19)7-13(17-10)14-8-15(20-18-14)11-5-3-2-4-6-11/h2-7,9,15H,8H2,1H3. The topological polar surface area (TPSA) is 64.4 Å². The number of aryl methyl sites for hydroxylation is 1. The van der Waals surface area contributed by atoms with Gasteiger partial charge in [0.25, 0.3) is 0 Å². The first-order valence-electron chi connectivity index (χ1n) is 6.35. The Morgan fingerprint density at radius 3 is 2.80 bits per heavy atom. The minimum atomic E-state index is -0.0962. The fourth-order valence-corrected chi connectivity index (χ4v) is 2.17. The molecule has 1 aliphatic rings. The maximum atomic E-state index is 10.9. The summed E-state index contributed by atoms with van der Waals surface area (Å²) in [5.74, 6) is 0.551. The van der Waals surface area contributed by atoms with Crippen LogP contribution in [0.3, 0.4) is 0 Å². The van der Waals surface area contributed by atoms with Crippen molar-refractivity contribution in [3.8, 4) is 0 Å². The minimum absolute atomic E-state index is 0.0962. The van der Waals surface area contributed by atoms with Gasteiger partial charge in [-0.15, -0.1) is 0 Å². The Hall–Kier alpha value is -2.56. The second-order valence-corrected chi connectivity index (χ2v) is 4.59. The Bertz CT molecular complexity index is 668. The van der Waals surface area contributed by atoms with Crippen LogP contribution in [-0.4, -0.2) is 22.0 Å². The molecule has 20 heavy (non-hydrogen) atoms. The van der Waals surface area contributed by atoms with E-state index in [2.05, 4.69) is 15.1 Å². The smallest absolute Gasteiger partial charge is 0.168 e. The summed E-state index contributed by atoms with van der Waals surface area (Å²) in [4.78, 5) is 24.6. The molecule has 100 valence electrons. The Balaban J connectivity index is 1.83. The minimum Gasteiger partial charge on any atom is -0.387 e. The number of carbonyl (C=O) groups is 1. The molecule has 3 rings (SSSR count). The molecule has 0 bridgehead atoms. The number of aromatic nitrogens is 2. The van der Waals surface area contributed by atoms with E-state index in [1.807, 2.05) is 30.3 Å². The summed E-state index contributed by atoms with van der Waals surface area (Å²) in [6.45, 7) is 1.75. The van der Waals surface area contributed by atoms with Crippen LogP contribution in [0.2, 0.25) is 0 Å². The van der Waals surface area contributed by atoms with Crippen molar-refractivity contribution in [2.24, 2.45) is 5.16 Å². The van der Waals surface area contributed by atoms with Crippen molar-refractivity contribution < 1.29 is 9.63 Å². The Morgan fingerprint density at radius 1 is 1.25 bits per heavy atom. The van der Waals surface area contributed by atoms with E-state index in [4.69, 9.17) is 4.84 Å². The molecule has 1 aromatic carbocycles. The van der Waals surface area contributed by atoms with Gasteiger partial charge in [-0.1, -0.05) is 35.5 Å². The summed E-state index contributed by atoms with van der Waals surface area (Å²) < 4.78 is 0. The summed E-state index contributed by atoms with van der Waals surface area (Å²) in [5.41, 5.74) is 2.83. The van der Waals surface area contributed by atoms with Crippen LogP contribution in [0, 0.1) is 6.92 Å². The van der Waals surface area contributed by atoms with Crippen LogP contribution in [0.15, 0.2) is 41.6 Å². The number of carbonyl (C=O) groups excluding carboxylic acids is 1. The summed E-state index contributed by atoms with van der Waals surface area (Å²) >= 11 is 0.